The number of nitrogens with two attached hydrogens (primary N) is 1. The number of nitrogens with one attached hydrogen (secondary N) is 1. The van der Waals surface area contributed by atoms with Crippen LogP contribution in [0.5, 0.6) is 0 Å². The number of benzene rings is 4. The molecule has 0 aromatic heterocycles. The van der Waals surface area contributed by atoms with Crippen molar-refractivity contribution in [1.82, 2.24) is 5.32 Å². The van der Waals surface area contributed by atoms with Crippen molar-refractivity contribution in [3.63, 3.8) is 0 Å². The molecule has 39 heavy (non-hydrogen) atoms. The Hall–Kier alpha value is -4.46. The van der Waals surface area contributed by atoms with E-state index in [9.17, 15) is 19.8 Å². The van der Waals surface area contributed by atoms with Gasteiger partial charge < -0.3 is 26.0 Å². The highest BCUT2D eigenvalue weighted by Crippen LogP contribution is 2.44. The summed E-state index contributed by atoms with van der Waals surface area (Å²) < 4.78 is 5.52. The van der Waals surface area contributed by atoms with Crippen molar-refractivity contribution in [2.75, 3.05) is 18.9 Å². The van der Waals surface area contributed by atoms with Gasteiger partial charge in [0, 0.05) is 29.3 Å². The number of anilines is 1. The Kier molecular flexibility index (Phi) is 7.72. The van der Waals surface area contributed by atoms with Gasteiger partial charge in [-0.25, -0.2) is 4.79 Å². The first-order valence-corrected chi connectivity index (χ1v) is 12.9. The number of carbonyl (C=O) groups is 2. The molecule has 7 nitrogen and oxygen atoms in total. The molecule has 198 valence electrons. The topological polar surface area (TPSA) is 122 Å². The second-order valence-corrected chi connectivity index (χ2v) is 9.60. The lowest BCUT2D eigenvalue weighted by Gasteiger charge is -2.20. The summed E-state index contributed by atoms with van der Waals surface area (Å²) in [6, 6.07) is 29.5. The van der Waals surface area contributed by atoms with Crippen LogP contribution in [-0.4, -0.2) is 41.3 Å². The number of aliphatic hydroxyl groups is 2. The first kappa shape index (κ1) is 26.2. The minimum Gasteiger partial charge on any atom is -0.449 e. The molecule has 5 rings (SSSR count). The molecule has 0 heterocycles. The predicted octanol–water partition coefficient (Wildman–Crippen LogP) is 4.82. The van der Waals surface area contributed by atoms with E-state index < -0.39 is 18.3 Å². The van der Waals surface area contributed by atoms with Gasteiger partial charge in [-0.3, -0.25) is 4.79 Å². The zero-order valence-electron chi connectivity index (χ0n) is 21.3. The molecule has 0 bridgehead atoms. The number of aliphatic hydroxyl groups excluding tert-OH is 2. The molecule has 0 spiro atoms. The van der Waals surface area contributed by atoms with E-state index in [0.29, 0.717) is 11.1 Å². The maximum absolute atomic E-state index is 12.9. The Morgan fingerprint density at radius 3 is 2.13 bits per heavy atom. The number of amides is 1. The highest BCUT2D eigenvalue weighted by atomic mass is 16.5. The first-order chi connectivity index (χ1) is 18.9. The first-order valence-electron chi connectivity index (χ1n) is 12.9. The van der Waals surface area contributed by atoms with Crippen molar-refractivity contribution in [3.8, 4) is 11.1 Å². The second kappa shape index (κ2) is 11.5. The highest BCUT2D eigenvalue weighted by molar-refractivity contribution is 6.12. The number of nitrogen functional groups attached to an aromatic ring is 1. The number of rotatable bonds is 9. The zero-order valence-corrected chi connectivity index (χ0v) is 21.3. The van der Waals surface area contributed by atoms with E-state index >= 15 is 0 Å². The van der Waals surface area contributed by atoms with Crippen LogP contribution in [0.15, 0.2) is 97.1 Å². The van der Waals surface area contributed by atoms with E-state index in [1.165, 1.54) is 12.1 Å². The molecule has 1 amide bonds. The van der Waals surface area contributed by atoms with Gasteiger partial charge in [-0.2, -0.15) is 0 Å². The maximum atomic E-state index is 12.9. The summed E-state index contributed by atoms with van der Waals surface area (Å²) in [7, 11) is 0. The molecule has 2 atom stereocenters. The van der Waals surface area contributed by atoms with E-state index in [-0.39, 0.29) is 42.5 Å². The number of ketones is 1. The summed E-state index contributed by atoms with van der Waals surface area (Å²) in [5.41, 5.74) is 11.9. The van der Waals surface area contributed by atoms with Gasteiger partial charge in [0.1, 0.15) is 12.7 Å². The molecule has 4 aromatic carbocycles. The molecule has 0 saturated carbocycles. The van der Waals surface area contributed by atoms with Gasteiger partial charge >= 0.3 is 6.09 Å². The fraction of sp³-hybridized carbons (Fsp3) is 0.188. The van der Waals surface area contributed by atoms with Crippen LogP contribution in [-0.2, 0) is 4.74 Å². The SMILES string of the molecule is Nc1ccc(C(O)C(O)CCNC(=O)OCC2c3ccccc3-c3ccccc32)cc1C(=O)c1ccccc1. The van der Waals surface area contributed by atoms with Crippen LogP contribution in [0, 0.1) is 0 Å². The molecule has 4 aromatic rings. The third kappa shape index (κ3) is 5.55. The lowest BCUT2D eigenvalue weighted by molar-refractivity contribution is 0.0136. The smallest absolute Gasteiger partial charge is 0.407 e. The van der Waals surface area contributed by atoms with Gasteiger partial charge in [-0.1, -0.05) is 84.9 Å². The van der Waals surface area contributed by atoms with Gasteiger partial charge in [-0.05, 0) is 46.4 Å². The molecular formula is C32H30N2O5. The number of alkyl carbamates (subject to hydrolysis) is 1. The molecule has 0 saturated heterocycles. The van der Waals surface area contributed by atoms with Crippen LogP contribution in [0.25, 0.3) is 11.1 Å². The van der Waals surface area contributed by atoms with E-state index in [4.69, 9.17) is 10.5 Å². The number of hydrogen-bond donors (Lipinski definition) is 4. The average molecular weight is 523 g/mol. The van der Waals surface area contributed by atoms with Crippen molar-refractivity contribution in [3.05, 3.63) is 125 Å². The minimum absolute atomic E-state index is 0.0473. The molecular weight excluding hydrogens is 492 g/mol. The Bertz CT molecular complexity index is 1440. The molecule has 1 aliphatic carbocycles. The van der Waals surface area contributed by atoms with Gasteiger partial charge in [0.2, 0.25) is 0 Å². The monoisotopic (exact) mass is 522 g/mol. The van der Waals surface area contributed by atoms with Crippen molar-refractivity contribution >= 4 is 17.6 Å². The maximum Gasteiger partial charge on any atom is 0.407 e. The third-order valence-electron chi connectivity index (χ3n) is 7.12. The molecule has 7 heteroatoms. The van der Waals surface area contributed by atoms with Crippen LogP contribution in [0.2, 0.25) is 0 Å². The summed E-state index contributed by atoms with van der Waals surface area (Å²) in [5, 5.41) is 23.9. The highest BCUT2D eigenvalue weighted by Gasteiger charge is 2.29. The Morgan fingerprint density at radius 2 is 1.46 bits per heavy atom. The number of carbonyl (C=O) groups excluding carboxylic acids is 2. The summed E-state index contributed by atoms with van der Waals surface area (Å²) >= 11 is 0. The lowest BCUT2D eigenvalue weighted by atomic mass is 9.95. The van der Waals surface area contributed by atoms with Crippen LogP contribution < -0.4 is 11.1 Å². The molecule has 2 unspecified atom stereocenters. The van der Waals surface area contributed by atoms with Crippen LogP contribution in [0.1, 0.15) is 51.1 Å². The molecule has 5 N–H and O–H groups in total. The third-order valence-corrected chi connectivity index (χ3v) is 7.12. The molecule has 0 aliphatic heterocycles. The zero-order chi connectivity index (χ0) is 27.4. The Morgan fingerprint density at radius 1 is 0.846 bits per heavy atom. The summed E-state index contributed by atoms with van der Waals surface area (Å²) in [5.74, 6) is -0.317. The fourth-order valence-electron chi connectivity index (χ4n) is 5.05. The molecule has 0 fully saturated rings. The van der Waals surface area contributed by atoms with E-state index in [1.807, 2.05) is 30.3 Å². The summed E-state index contributed by atoms with van der Waals surface area (Å²) in [6.45, 7) is 0.286. The summed E-state index contributed by atoms with van der Waals surface area (Å²) in [6.07, 6.45) is -2.96. The van der Waals surface area contributed by atoms with Gasteiger partial charge in [0.05, 0.1) is 6.10 Å². The van der Waals surface area contributed by atoms with Crippen LogP contribution in [0.3, 0.4) is 0 Å². The Balaban J connectivity index is 1.14. The number of hydrogen-bond acceptors (Lipinski definition) is 6. The van der Waals surface area contributed by atoms with Crippen molar-refractivity contribution < 1.29 is 24.5 Å². The summed E-state index contributed by atoms with van der Waals surface area (Å²) in [4.78, 5) is 25.3. The average Bonchev–Trinajstić information content (AvgIpc) is 3.29. The second-order valence-electron chi connectivity index (χ2n) is 9.60. The van der Waals surface area contributed by atoms with Gasteiger partial charge in [0.15, 0.2) is 5.78 Å². The Labute approximate surface area is 226 Å². The number of ether oxygens (including phenoxy) is 1. The number of fused-ring (bicyclic) bond motifs is 3. The van der Waals surface area contributed by atoms with E-state index in [1.54, 1.807) is 30.3 Å². The standard InChI is InChI=1S/C32H30N2O5/c33-28-15-14-21(18-26(28)30(36)20-8-2-1-3-9-20)31(37)29(35)16-17-34-32(38)39-19-27-24-12-6-4-10-22(24)23-11-5-7-13-25(23)27/h1-15,18,27,29,31,35,37H,16-17,19,33H2,(H,34,38). The van der Waals surface area contributed by atoms with Crippen LogP contribution in [0.4, 0.5) is 10.5 Å². The quantitative estimate of drug-likeness (QED) is 0.185. The largest absolute Gasteiger partial charge is 0.449 e. The predicted molar refractivity (Wildman–Crippen MR) is 149 cm³/mol. The molecule has 1 aliphatic rings. The van der Waals surface area contributed by atoms with Crippen LogP contribution >= 0.6 is 0 Å². The van der Waals surface area contributed by atoms with Crippen molar-refractivity contribution in [2.45, 2.75) is 24.5 Å². The van der Waals surface area contributed by atoms with Gasteiger partial charge in [0.25, 0.3) is 0 Å². The van der Waals surface area contributed by atoms with E-state index in [2.05, 4.69) is 29.6 Å². The molecule has 0 radical (unpaired) electrons. The normalized spacial score (nSPS) is 13.7. The fourth-order valence-corrected chi connectivity index (χ4v) is 5.05. The van der Waals surface area contributed by atoms with Crippen molar-refractivity contribution in [1.29, 1.82) is 0 Å². The van der Waals surface area contributed by atoms with Gasteiger partial charge in [-0.15, -0.1) is 0 Å². The lowest BCUT2D eigenvalue weighted by Crippen LogP contribution is -2.30. The van der Waals surface area contributed by atoms with E-state index in [0.717, 1.165) is 22.3 Å². The minimum atomic E-state index is -1.27. The van der Waals surface area contributed by atoms with Crippen molar-refractivity contribution in [2.24, 2.45) is 0 Å².